The molecule has 0 aliphatic heterocycles. The van der Waals surface area contributed by atoms with E-state index >= 15 is 0 Å². The third kappa shape index (κ3) is 6.19. The fourth-order valence-corrected chi connectivity index (χ4v) is 2.33. The first kappa shape index (κ1) is 15.0. The molecule has 1 nitrogen and oxygen atoms in total. The van der Waals surface area contributed by atoms with E-state index in [2.05, 4.69) is 20.8 Å². The third-order valence-corrected chi connectivity index (χ3v) is 3.52. The number of unbranched alkanes of at least 4 members (excludes halogenated alkanes) is 4. The Hall–Kier alpha value is -0.0400. The highest BCUT2D eigenvalue weighted by Crippen LogP contribution is 2.28. The van der Waals surface area contributed by atoms with Crippen molar-refractivity contribution in [2.24, 2.45) is 0 Å². The van der Waals surface area contributed by atoms with Crippen LogP contribution in [0, 0.1) is 0 Å². The summed E-state index contributed by atoms with van der Waals surface area (Å²) in [5, 5.41) is 0. The molecular weight excluding hydrogens is 184 g/mol. The fourth-order valence-electron chi connectivity index (χ4n) is 2.33. The summed E-state index contributed by atoms with van der Waals surface area (Å²) in [7, 11) is 1.88. The lowest BCUT2D eigenvalue weighted by Gasteiger charge is -2.31. The largest absolute Gasteiger partial charge is 0.378 e. The van der Waals surface area contributed by atoms with E-state index in [-0.39, 0.29) is 5.60 Å². The Morgan fingerprint density at radius 2 is 1.47 bits per heavy atom. The first-order chi connectivity index (χ1) is 7.24. The molecule has 0 aromatic rings. The molecule has 0 amide bonds. The molecule has 0 bridgehead atoms. The van der Waals surface area contributed by atoms with Crippen LogP contribution in [0.25, 0.3) is 0 Å². The maximum absolute atomic E-state index is 5.73. The minimum atomic E-state index is 0.182. The van der Waals surface area contributed by atoms with Crippen LogP contribution in [0.2, 0.25) is 0 Å². The minimum absolute atomic E-state index is 0.182. The number of methoxy groups -OCH3 is 1. The third-order valence-electron chi connectivity index (χ3n) is 3.52. The summed E-state index contributed by atoms with van der Waals surface area (Å²) in [6.07, 6.45) is 11.7. The quantitative estimate of drug-likeness (QED) is 0.468. The summed E-state index contributed by atoms with van der Waals surface area (Å²) in [5.41, 5.74) is 0.182. The van der Waals surface area contributed by atoms with Gasteiger partial charge in [0.2, 0.25) is 0 Å². The molecule has 0 radical (unpaired) electrons. The van der Waals surface area contributed by atoms with Crippen molar-refractivity contribution < 1.29 is 4.74 Å². The van der Waals surface area contributed by atoms with Crippen molar-refractivity contribution in [1.82, 2.24) is 0 Å². The lowest BCUT2D eigenvalue weighted by Crippen LogP contribution is -2.30. The second kappa shape index (κ2) is 9.21. The van der Waals surface area contributed by atoms with Crippen LogP contribution in [-0.4, -0.2) is 12.7 Å². The van der Waals surface area contributed by atoms with Crippen molar-refractivity contribution in [3.8, 4) is 0 Å². The van der Waals surface area contributed by atoms with E-state index in [1.807, 2.05) is 7.11 Å². The van der Waals surface area contributed by atoms with Crippen LogP contribution < -0.4 is 0 Å². The Labute approximate surface area is 96.6 Å². The molecule has 15 heavy (non-hydrogen) atoms. The van der Waals surface area contributed by atoms with Crippen LogP contribution in [0.15, 0.2) is 0 Å². The predicted molar refractivity (Wildman–Crippen MR) is 68.3 cm³/mol. The Morgan fingerprint density at radius 1 is 0.800 bits per heavy atom. The van der Waals surface area contributed by atoms with Crippen molar-refractivity contribution in [2.45, 2.75) is 84.2 Å². The van der Waals surface area contributed by atoms with Crippen molar-refractivity contribution in [3.05, 3.63) is 0 Å². The van der Waals surface area contributed by atoms with E-state index < -0.39 is 0 Å². The minimum Gasteiger partial charge on any atom is -0.378 e. The molecule has 0 aromatic heterocycles. The molecule has 92 valence electrons. The zero-order chi connectivity index (χ0) is 11.6. The van der Waals surface area contributed by atoms with Crippen molar-refractivity contribution in [1.29, 1.82) is 0 Å². The van der Waals surface area contributed by atoms with Crippen LogP contribution >= 0.6 is 0 Å². The van der Waals surface area contributed by atoms with Gasteiger partial charge in [0, 0.05) is 7.11 Å². The van der Waals surface area contributed by atoms with Gasteiger partial charge in [0.25, 0.3) is 0 Å². The van der Waals surface area contributed by atoms with E-state index in [1.54, 1.807) is 0 Å². The van der Waals surface area contributed by atoms with Crippen molar-refractivity contribution >= 4 is 0 Å². The molecular formula is C14H30O. The van der Waals surface area contributed by atoms with E-state index in [0.717, 1.165) is 6.42 Å². The van der Waals surface area contributed by atoms with Gasteiger partial charge < -0.3 is 4.74 Å². The topological polar surface area (TPSA) is 9.23 Å². The molecule has 1 heteroatoms. The standard InChI is InChI=1S/C14H30O/c1-5-8-9-10-11-13-14(7-3,15-4)12-6-2/h5-13H2,1-4H3. The number of rotatable bonds is 10. The van der Waals surface area contributed by atoms with Crippen LogP contribution in [0.3, 0.4) is 0 Å². The summed E-state index contributed by atoms with van der Waals surface area (Å²) in [4.78, 5) is 0. The first-order valence-corrected chi connectivity index (χ1v) is 6.79. The smallest absolute Gasteiger partial charge is 0.0676 e. The Balaban J connectivity index is 3.74. The summed E-state index contributed by atoms with van der Waals surface area (Å²) >= 11 is 0. The predicted octanol–water partition coefficient (Wildman–Crippen LogP) is 4.94. The Bertz CT molecular complexity index is 127. The van der Waals surface area contributed by atoms with Crippen LogP contribution in [-0.2, 0) is 4.74 Å². The summed E-state index contributed by atoms with van der Waals surface area (Å²) in [5.74, 6) is 0. The van der Waals surface area contributed by atoms with Gasteiger partial charge in [-0.1, -0.05) is 59.3 Å². The van der Waals surface area contributed by atoms with Gasteiger partial charge in [0.15, 0.2) is 0 Å². The highest BCUT2D eigenvalue weighted by Gasteiger charge is 2.25. The molecule has 0 aliphatic carbocycles. The average Bonchev–Trinajstić information content (AvgIpc) is 2.27. The number of hydrogen-bond acceptors (Lipinski definition) is 1. The van der Waals surface area contributed by atoms with E-state index in [4.69, 9.17) is 4.74 Å². The average molecular weight is 214 g/mol. The SMILES string of the molecule is CCCCCCCC(CC)(CCC)OC. The van der Waals surface area contributed by atoms with Crippen molar-refractivity contribution in [2.75, 3.05) is 7.11 Å². The van der Waals surface area contributed by atoms with Crippen molar-refractivity contribution in [3.63, 3.8) is 0 Å². The van der Waals surface area contributed by atoms with Gasteiger partial charge in [-0.25, -0.2) is 0 Å². The molecule has 0 rings (SSSR count). The summed E-state index contributed by atoms with van der Waals surface area (Å²) in [6.45, 7) is 6.77. The molecule has 0 saturated heterocycles. The van der Waals surface area contributed by atoms with Crippen LogP contribution in [0.5, 0.6) is 0 Å². The Morgan fingerprint density at radius 3 is 1.93 bits per heavy atom. The van der Waals surface area contributed by atoms with Gasteiger partial charge in [0.05, 0.1) is 5.60 Å². The second-order valence-electron chi connectivity index (χ2n) is 4.65. The zero-order valence-corrected chi connectivity index (χ0v) is 11.3. The lowest BCUT2D eigenvalue weighted by molar-refractivity contribution is -0.0298. The molecule has 0 saturated carbocycles. The van der Waals surface area contributed by atoms with E-state index in [9.17, 15) is 0 Å². The molecule has 0 N–H and O–H groups in total. The molecule has 0 fully saturated rings. The van der Waals surface area contributed by atoms with Gasteiger partial charge >= 0.3 is 0 Å². The van der Waals surface area contributed by atoms with Gasteiger partial charge in [-0.3, -0.25) is 0 Å². The Kier molecular flexibility index (Phi) is 9.18. The first-order valence-electron chi connectivity index (χ1n) is 6.79. The van der Waals surface area contributed by atoms with Gasteiger partial charge in [0.1, 0.15) is 0 Å². The summed E-state index contributed by atoms with van der Waals surface area (Å²) < 4.78 is 5.73. The molecule has 1 unspecified atom stereocenters. The lowest BCUT2D eigenvalue weighted by atomic mass is 9.88. The van der Waals surface area contributed by atoms with Crippen LogP contribution in [0.4, 0.5) is 0 Å². The monoisotopic (exact) mass is 214 g/mol. The second-order valence-corrected chi connectivity index (χ2v) is 4.65. The molecule has 0 heterocycles. The molecule has 0 aromatic carbocycles. The number of hydrogen-bond donors (Lipinski definition) is 0. The maximum Gasteiger partial charge on any atom is 0.0676 e. The fraction of sp³-hybridized carbons (Fsp3) is 1.00. The van der Waals surface area contributed by atoms with Gasteiger partial charge in [-0.15, -0.1) is 0 Å². The summed E-state index contributed by atoms with van der Waals surface area (Å²) in [6, 6.07) is 0. The molecule has 0 aliphatic rings. The van der Waals surface area contributed by atoms with E-state index in [1.165, 1.54) is 51.4 Å². The van der Waals surface area contributed by atoms with Gasteiger partial charge in [-0.2, -0.15) is 0 Å². The normalized spacial score (nSPS) is 15.2. The number of ether oxygens (including phenoxy) is 1. The zero-order valence-electron chi connectivity index (χ0n) is 11.3. The van der Waals surface area contributed by atoms with Crippen LogP contribution in [0.1, 0.15) is 78.6 Å². The maximum atomic E-state index is 5.73. The van der Waals surface area contributed by atoms with E-state index in [0.29, 0.717) is 0 Å². The van der Waals surface area contributed by atoms with Gasteiger partial charge in [-0.05, 0) is 19.3 Å². The molecule has 1 atom stereocenters. The molecule has 0 spiro atoms. The highest BCUT2D eigenvalue weighted by atomic mass is 16.5. The highest BCUT2D eigenvalue weighted by molar-refractivity contribution is 4.78.